The van der Waals surface area contributed by atoms with Crippen LogP contribution in [0.3, 0.4) is 0 Å². The minimum atomic E-state index is -0.817. The Morgan fingerprint density at radius 2 is 2.05 bits per heavy atom. The van der Waals surface area contributed by atoms with Crippen LogP contribution in [0.5, 0.6) is 0 Å². The number of hydrogen-bond acceptors (Lipinski definition) is 5. The zero-order valence-corrected chi connectivity index (χ0v) is 12.4. The topological polar surface area (TPSA) is 80.8 Å². The highest BCUT2D eigenvalue weighted by Gasteiger charge is 2.20. The van der Waals surface area contributed by atoms with E-state index in [2.05, 4.69) is 10.2 Å². The van der Waals surface area contributed by atoms with Gasteiger partial charge < -0.3 is 4.74 Å². The maximum atomic E-state index is 11.9. The fourth-order valence-corrected chi connectivity index (χ4v) is 1.95. The molecule has 1 aromatic heterocycles. The van der Waals surface area contributed by atoms with Crippen molar-refractivity contribution in [1.29, 1.82) is 5.26 Å². The number of rotatable bonds is 3. The first-order valence-corrected chi connectivity index (χ1v) is 6.54. The average molecular weight is 284 g/mol. The van der Waals surface area contributed by atoms with Gasteiger partial charge in [-0.15, -0.1) is 5.10 Å². The molecule has 2 aromatic rings. The lowest BCUT2D eigenvalue weighted by Crippen LogP contribution is -2.14. The first kappa shape index (κ1) is 14.7. The van der Waals surface area contributed by atoms with E-state index in [1.165, 1.54) is 11.7 Å². The van der Waals surface area contributed by atoms with Crippen LogP contribution in [-0.2, 0) is 4.74 Å². The number of nitrogens with zero attached hydrogens (tertiary/aromatic N) is 4. The molecule has 0 spiro atoms. The second-order valence-electron chi connectivity index (χ2n) is 4.89. The third-order valence-corrected chi connectivity index (χ3v) is 3.01. The van der Waals surface area contributed by atoms with Gasteiger partial charge in [0.1, 0.15) is 6.07 Å². The predicted octanol–water partition coefficient (Wildman–Crippen LogP) is 2.26. The van der Waals surface area contributed by atoms with Crippen molar-refractivity contribution < 1.29 is 9.53 Å². The largest absolute Gasteiger partial charge is 0.442 e. The van der Waals surface area contributed by atoms with Crippen molar-refractivity contribution in [2.24, 2.45) is 0 Å². The molecule has 0 radical (unpaired) electrons. The molecule has 0 bridgehead atoms. The van der Waals surface area contributed by atoms with Crippen LogP contribution in [0.2, 0.25) is 0 Å². The highest BCUT2D eigenvalue weighted by atomic mass is 16.5. The van der Waals surface area contributed by atoms with Gasteiger partial charge >= 0.3 is 5.97 Å². The summed E-state index contributed by atoms with van der Waals surface area (Å²) in [6.07, 6.45) is -0.817. The van der Waals surface area contributed by atoms with Crippen molar-refractivity contribution in [3.05, 3.63) is 40.7 Å². The van der Waals surface area contributed by atoms with E-state index in [4.69, 9.17) is 10.00 Å². The van der Waals surface area contributed by atoms with Gasteiger partial charge in [0.2, 0.25) is 0 Å². The Kier molecular flexibility index (Phi) is 4.03. The molecule has 2 rings (SSSR count). The Hall–Kier alpha value is -2.68. The molecule has 6 nitrogen and oxygen atoms in total. The van der Waals surface area contributed by atoms with Crippen molar-refractivity contribution >= 4 is 5.97 Å². The summed E-state index contributed by atoms with van der Waals surface area (Å²) in [7, 11) is 0. The van der Waals surface area contributed by atoms with Crippen LogP contribution in [-0.4, -0.2) is 27.1 Å². The van der Waals surface area contributed by atoms with Crippen molar-refractivity contribution in [2.75, 3.05) is 0 Å². The van der Waals surface area contributed by atoms with Gasteiger partial charge in [-0.1, -0.05) is 17.7 Å². The summed E-state index contributed by atoms with van der Waals surface area (Å²) in [4.78, 5) is 13.3. The monoisotopic (exact) mass is 284 g/mol. The second-order valence-corrected chi connectivity index (χ2v) is 4.89. The zero-order chi connectivity index (χ0) is 15.6. The van der Waals surface area contributed by atoms with E-state index >= 15 is 0 Å². The van der Waals surface area contributed by atoms with Gasteiger partial charge in [-0.3, -0.25) is 0 Å². The van der Waals surface area contributed by atoms with Crippen LogP contribution >= 0.6 is 0 Å². The van der Waals surface area contributed by atoms with Gasteiger partial charge in [0, 0.05) is 0 Å². The average Bonchev–Trinajstić information content (AvgIpc) is 2.80. The number of aryl methyl sites for hydroxylation is 3. The van der Waals surface area contributed by atoms with Crippen LogP contribution in [0.1, 0.15) is 34.2 Å². The van der Waals surface area contributed by atoms with Crippen molar-refractivity contribution in [3.8, 4) is 11.8 Å². The molecule has 108 valence electrons. The maximum Gasteiger partial charge on any atom is 0.362 e. The highest BCUT2D eigenvalue weighted by Crippen LogP contribution is 2.15. The lowest BCUT2D eigenvalue weighted by atomic mass is 10.1. The summed E-state index contributed by atoms with van der Waals surface area (Å²) in [6.45, 7) is 7.14. The van der Waals surface area contributed by atoms with Gasteiger partial charge in [0.15, 0.2) is 11.8 Å². The minimum Gasteiger partial charge on any atom is -0.442 e. The van der Waals surface area contributed by atoms with Gasteiger partial charge in [-0.2, -0.15) is 15.2 Å². The first-order valence-electron chi connectivity index (χ1n) is 6.54. The normalized spacial score (nSPS) is 11.8. The number of hydrogen-bond donors (Lipinski definition) is 0. The van der Waals surface area contributed by atoms with E-state index in [0.717, 1.165) is 16.8 Å². The molecule has 0 N–H and O–H groups in total. The Balaban J connectivity index is 2.35. The lowest BCUT2D eigenvalue weighted by molar-refractivity contribution is 0.0427. The van der Waals surface area contributed by atoms with E-state index in [1.807, 2.05) is 38.1 Å². The van der Waals surface area contributed by atoms with Gasteiger partial charge in [-0.05, 0) is 39.3 Å². The molecule has 0 aliphatic heterocycles. The second kappa shape index (κ2) is 5.75. The predicted molar refractivity (Wildman–Crippen MR) is 76.1 cm³/mol. The molecule has 0 fully saturated rings. The molecule has 1 aromatic carbocycles. The number of esters is 1. The molecule has 0 amide bonds. The Morgan fingerprint density at radius 3 is 2.67 bits per heavy atom. The van der Waals surface area contributed by atoms with Crippen molar-refractivity contribution in [3.63, 3.8) is 0 Å². The van der Waals surface area contributed by atoms with Crippen LogP contribution in [0.4, 0.5) is 0 Å². The molecule has 21 heavy (non-hydrogen) atoms. The third kappa shape index (κ3) is 3.08. The van der Waals surface area contributed by atoms with E-state index in [0.29, 0.717) is 5.69 Å². The van der Waals surface area contributed by atoms with Crippen LogP contribution < -0.4 is 0 Å². The molecule has 0 unspecified atom stereocenters. The van der Waals surface area contributed by atoms with Crippen LogP contribution in [0, 0.1) is 32.1 Å². The van der Waals surface area contributed by atoms with Crippen LogP contribution in [0.25, 0.3) is 5.69 Å². The van der Waals surface area contributed by atoms with Gasteiger partial charge in [-0.25, -0.2) is 4.79 Å². The highest BCUT2D eigenvalue weighted by molar-refractivity contribution is 5.88. The number of nitriles is 1. The van der Waals surface area contributed by atoms with E-state index in [1.54, 1.807) is 6.92 Å². The van der Waals surface area contributed by atoms with Crippen LogP contribution in [0.15, 0.2) is 18.2 Å². The van der Waals surface area contributed by atoms with Gasteiger partial charge in [0.25, 0.3) is 0 Å². The number of ether oxygens (including phenoxy) is 1. The Morgan fingerprint density at radius 1 is 1.33 bits per heavy atom. The summed E-state index contributed by atoms with van der Waals surface area (Å²) in [5, 5.41) is 17.1. The van der Waals surface area contributed by atoms with E-state index in [-0.39, 0.29) is 5.69 Å². The summed E-state index contributed by atoms with van der Waals surface area (Å²) in [5.74, 6) is -0.641. The Labute approximate surface area is 123 Å². The summed E-state index contributed by atoms with van der Waals surface area (Å²) in [5.41, 5.74) is 3.54. The number of benzene rings is 1. The zero-order valence-electron chi connectivity index (χ0n) is 12.4. The maximum absolute atomic E-state index is 11.9. The molecule has 0 saturated carbocycles. The Bertz CT molecular complexity index is 728. The standard InChI is InChI=1S/C15H16N4O2/c1-9-5-6-13(10(2)7-9)19-17-12(4)14(18-19)15(20)21-11(3)8-16/h5-7,11H,1-4H3/t11-/m0/s1. The smallest absolute Gasteiger partial charge is 0.362 e. The lowest BCUT2D eigenvalue weighted by Gasteiger charge is -2.05. The fraction of sp³-hybridized carbons (Fsp3) is 0.333. The third-order valence-electron chi connectivity index (χ3n) is 3.01. The first-order chi connectivity index (χ1) is 9.92. The molecule has 1 atom stereocenters. The molecule has 0 aliphatic rings. The molecule has 0 saturated heterocycles. The fourth-order valence-electron chi connectivity index (χ4n) is 1.95. The molecule has 6 heteroatoms. The quantitative estimate of drug-likeness (QED) is 0.807. The summed E-state index contributed by atoms with van der Waals surface area (Å²) in [6, 6.07) is 7.71. The number of carbonyl (C=O) groups is 1. The summed E-state index contributed by atoms with van der Waals surface area (Å²) < 4.78 is 4.95. The number of aromatic nitrogens is 3. The summed E-state index contributed by atoms with van der Waals surface area (Å²) >= 11 is 0. The van der Waals surface area contributed by atoms with E-state index < -0.39 is 12.1 Å². The van der Waals surface area contributed by atoms with Gasteiger partial charge in [0.05, 0.1) is 11.4 Å². The van der Waals surface area contributed by atoms with E-state index in [9.17, 15) is 4.79 Å². The molecular formula is C15H16N4O2. The molecule has 1 heterocycles. The SMILES string of the molecule is Cc1ccc(-n2nc(C)c(C(=O)O[C@@H](C)C#N)n2)c(C)c1. The molecular weight excluding hydrogens is 268 g/mol. The van der Waals surface area contributed by atoms with Crippen molar-refractivity contribution in [2.45, 2.75) is 33.8 Å². The van der Waals surface area contributed by atoms with Crippen molar-refractivity contribution in [1.82, 2.24) is 15.0 Å². The minimum absolute atomic E-state index is 0.122. The molecule has 0 aliphatic carbocycles. The number of carbonyl (C=O) groups excluding carboxylic acids is 1.